The van der Waals surface area contributed by atoms with Crippen LogP contribution in [0.1, 0.15) is 59.3 Å². The van der Waals surface area contributed by atoms with Crippen LogP contribution in [0.25, 0.3) is 0 Å². The molecule has 0 aromatic heterocycles. The minimum atomic E-state index is -0.420. The predicted octanol–water partition coefficient (Wildman–Crippen LogP) is 3.31. The molecule has 0 spiro atoms. The topological polar surface area (TPSA) is 50.4 Å². The van der Waals surface area contributed by atoms with Crippen LogP contribution < -0.4 is 10.6 Å². The summed E-state index contributed by atoms with van der Waals surface area (Å²) in [5, 5.41) is 6.84. The summed E-state index contributed by atoms with van der Waals surface area (Å²) >= 11 is 2.06. The summed E-state index contributed by atoms with van der Waals surface area (Å²) in [6.45, 7) is 5.71. The van der Waals surface area contributed by atoms with Crippen LogP contribution in [-0.4, -0.2) is 41.3 Å². The number of carbonyl (C=O) groups excluding carboxylic acids is 1. The van der Waals surface area contributed by atoms with E-state index in [9.17, 15) is 4.79 Å². The van der Waals surface area contributed by atoms with Gasteiger partial charge in [0.1, 0.15) is 5.60 Å². The maximum atomic E-state index is 11.9. The van der Waals surface area contributed by atoms with Crippen LogP contribution in [0.4, 0.5) is 4.79 Å². The van der Waals surface area contributed by atoms with Crippen molar-refractivity contribution in [2.45, 2.75) is 83.0 Å². The maximum absolute atomic E-state index is 11.9. The van der Waals surface area contributed by atoms with Crippen molar-refractivity contribution >= 4 is 17.9 Å². The quantitative estimate of drug-likeness (QED) is 0.839. The fourth-order valence-corrected chi connectivity index (χ4v) is 4.25. The monoisotopic (exact) mass is 314 g/mol. The highest BCUT2D eigenvalue weighted by molar-refractivity contribution is 7.99. The second kappa shape index (κ2) is 7.73. The van der Waals surface area contributed by atoms with E-state index in [0.29, 0.717) is 12.1 Å². The average molecular weight is 314 g/mol. The average Bonchev–Trinajstić information content (AvgIpc) is 2.38. The fourth-order valence-electron chi connectivity index (χ4n) is 3.14. The SMILES string of the molecule is CC(C)(C)OC(=O)N[C@H]1CCC[C@H](NC2CCSCC2)C1. The molecule has 1 aliphatic carbocycles. The van der Waals surface area contributed by atoms with Gasteiger partial charge in [0.25, 0.3) is 0 Å². The summed E-state index contributed by atoms with van der Waals surface area (Å²) in [6, 6.07) is 1.48. The van der Waals surface area contributed by atoms with E-state index in [1.807, 2.05) is 20.8 Å². The third kappa shape index (κ3) is 6.47. The molecule has 21 heavy (non-hydrogen) atoms. The molecule has 0 aromatic carbocycles. The Morgan fingerprint density at radius 3 is 2.38 bits per heavy atom. The molecule has 0 radical (unpaired) electrons. The first kappa shape index (κ1) is 16.9. The number of amides is 1. The number of ether oxygens (including phenoxy) is 1. The second-order valence-electron chi connectivity index (χ2n) is 7.26. The fraction of sp³-hybridized carbons (Fsp3) is 0.938. The van der Waals surface area contributed by atoms with E-state index in [0.717, 1.165) is 12.8 Å². The van der Waals surface area contributed by atoms with Gasteiger partial charge in [-0.2, -0.15) is 11.8 Å². The number of carbonyl (C=O) groups is 1. The molecule has 2 rings (SSSR count). The Balaban J connectivity index is 1.73. The zero-order chi connectivity index (χ0) is 15.3. The van der Waals surface area contributed by atoms with Crippen LogP contribution >= 0.6 is 11.8 Å². The highest BCUT2D eigenvalue weighted by Gasteiger charge is 2.27. The molecule has 1 heterocycles. The van der Waals surface area contributed by atoms with Crippen molar-refractivity contribution in [2.75, 3.05) is 11.5 Å². The lowest BCUT2D eigenvalue weighted by Crippen LogP contribution is -2.48. The second-order valence-corrected chi connectivity index (χ2v) is 8.48. The van der Waals surface area contributed by atoms with Gasteiger partial charge in [-0.1, -0.05) is 0 Å². The van der Waals surface area contributed by atoms with E-state index >= 15 is 0 Å². The van der Waals surface area contributed by atoms with Gasteiger partial charge >= 0.3 is 6.09 Å². The molecule has 2 atom stereocenters. The minimum Gasteiger partial charge on any atom is -0.444 e. The van der Waals surface area contributed by atoms with E-state index < -0.39 is 5.60 Å². The maximum Gasteiger partial charge on any atom is 0.407 e. The third-order valence-electron chi connectivity index (χ3n) is 4.09. The van der Waals surface area contributed by atoms with Crippen molar-refractivity contribution in [3.63, 3.8) is 0 Å². The third-order valence-corrected chi connectivity index (χ3v) is 5.14. The zero-order valence-corrected chi connectivity index (χ0v) is 14.4. The van der Waals surface area contributed by atoms with Crippen molar-refractivity contribution in [3.8, 4) is 0 Å². The molecule has 2 fully saturated rings. The van der Waals surface area contributed by atoms with E-state index in [2.05, 4.69) is 22.4 Å². The summed E-state index contributed by atoms with van der Waals surface area (Å²) < 4.78 is 5.35. The number of nitrogens with one attached hydrogen (secondary N) is 2. The van der Waals surface area contributed by atoms with E-state index in [-0.39, 0.29) is 12.1 Å². The van der Waals surface area contributed by atoms with Crippen LogP contribution in [0.2, 0.25) is 0 Å². The Hall–Kier alpha value is -0.420. The molecule has 2 aliphatic rings. The molecular formula is C16H30N2O2S. The first-order valence-corrected chi connectivity index (χ1v) is 9.41. The molecule has 2 N–H and O–H groups in total. The van der Waals surface area contributed by atoms with Crippen molar-refractivity contribution in [2.24, 2.45) is 0 Å². The molecule has 0 bridgehead atoms. The van der Waals surface area contributed by atoms with Crippen molar-refractivity contribution in [1.82, 2.24) is 10.6 Å². The van der Waals surface area contributed by atoms with E-state index in [1.165, 1.54) is 37.2 Å². The van der Waals surface area contributed by atoms with Crippen LogP contribution in [0.3, 0.4) is 0 Å². The number of thioether (sulfide) groups is 1. The molecular weight excluding hydrogens is 284 g/mol. The summed E-state index contributed by atoms with van der Waals surface area (Å²) in [6.07, 6.45) is 6.80. The van der Waals surface area contributed by atoms with Gasteiger partial charge in [-0.05, 0) is 70.8 Å². The molecule has 1 aliphatic heterocycles. The lowest BCUT2D eigenvalue weighted by molar-refractivity contribution is 0.0488. The molecule has 1 amide bonds. The van der Waals surface area contributed by atoms with Gasteiger partial charge in [0.05, 0.1) is 0 Å². The van der Waals surface area contributed by atoms with Crippen LogP contribution in [0, 0.1) is 0 Å². The van der Waals surface area contributed by atoms with Crippen LogP contribution in [0.5, 0.6) is 0 Å². The largest absolute Gasteiger partial charge is 0.444 e. The Morgan fingerprint density at radius 2 is 1.71 bits per heavy atom. The standard InChI is InChI=1S/C16H30N2O2S/c1-16(2,3)20-15(19)18-14-6-4-5-13(11-14)17-12-7-9-21-10-8-12/h12-14,17H,4-11H2,1-3H3,(H,18,19)/t13-,14-/m0/s1. The van der Waals surface area contributed by atoms with Gasteiger partial charge in [0, 0.05) is 18.1 Å². The van der Waals surface area contributed by atoms with E-state index in [1.54, 1.807) is 0 Å². The highest BCUT2D eigenvalue weighted by atomic mass is 32.2. The molecule has 1 saturated carbocycles. The Morgan fingerprint density at radius 1 is 1.05 bits per heavy atom. The number of rotatable bonds is 3. The lowest BCUT2D eigenvalue weighted by Gasteiger charge is -2.34. The first-order chi connectivity index (χ1) is 9.92. The molecule has 0 unspecified atom stereocenters. The van der Waals surface area contributed by atoms with Gasteiger partial charge in [-0.25, -0.2) is 4.79 Å². The van der Waals surface area contributed by atoms with Crippen molar-refractivity contribution in [1.29, 1.82) is 0 Å². The van der Waals surface area contributed by atoms with Gasteiger partial charge in [0.2, 0.25) is 0 Å². The Kier molecular flexibility index (Phi) is 6.23. The smallest absolute Gasteiger partial charge is 0.407 e. The van der Waals surface area contributed by atoms with Crippen LogP contribution in [-0.2, 0) is 4.74 Å². The zero-order valence-electron chi connectivity index (χ0n) is 13.6. The van der Waals surface area contributed by atoms with Gasteiger partial charge in [-0.3, -0.25) is 0 Å². The van der Waals surface area contributed by atoms with Crippen LogP contribution in [0.15, 0.2) is 0 Å². The van der Waals surface area contributed by atoms with E-state index in [4.69, 9.17) is 4.74 Å². The Labute approximate surface area is 133 Å². The summed E-state index contributed by atoms with van der Waals surface area (Å²) in [5.41, 5.74) is -0.420. The molecule has 1 saturated heterocycles. The van der Waals surface area contributed by atoms with Crippen molar-refractivity contribution in [3.05, 3.63) is 0 Å². The number of hydrogen-bond donors (Lipinski definition) is 2. The van der Waals surface area contributed by atoms with Gasteiger partial charge in [0.15, 0.2) is 0 Å². The van der Waals surface area contributed by atoms with Gasteiger partial charge in [-0.15, -0.1) is 0 Å². The molecule has 0 aromatic rings. The molecule has 122 valence electrons. The normalized spacial score (nSPS) is 28.1. The van der Waals surface area contributed by atoms with Gasteiger partial charge < -0.3 is 15.4 Å². The predicted molar refractivity (Wildman–Crippen MR) is 88.9 cm³/mol. The first-order valence-electron chi connectivity index (χ1n) is 8.26. The lowest BCUT2D eigenvalue weighted by atomic mass is 9.90. The minimum absolute atomic E-state index is 0.254. The summed E-state index contributed by atoms with van der Waals surface area (Å²) in [4.78, 5) is 11.9. The summed E-state index contributed by atoms with van der Waals surface area (Å²) in [5.74, 6) is 2.56. The van der Waals surface area contributed by atoms with Crippen molar-refractivity contribution < 1.29 is 9.53 Å². The number of hydrogen-bond acceptors (Lipinski definition) is 4. The summed E-state index contributed by atoms with van der Waals surface area (Å²) in [7, 11) is 0. The molecule has 5 heteroatoms. The Bertz CT molecular complexity index is 338. The highest BCUT2D eigenvalue weighted by Crippen LogP contribution is 2.23. The number of alkyl carbamates (subject to hydrolysis) is 1. The molecule has 4 nitrogen and oxygen atoms in total.